The van der Waals surface area contributed by atoms with Crippen molar-refractivity contribution in [1.82, 2.24) is 4.98 Å². The molecule has 0 atom stereocenters. The van der Waals surface area contributed by atoms with Gasteiger partial charge in [-0.2, -0.15) is 0 Å². The molecule has 19 heavy (non-hydrogen) atoms. The average molecular weight is 274 g/mol. The van der Waals surface area contributed by atoms with Crippen molar-refractivity contribution in [2.24, 2.45) is 0 Å². The lowest BCUT2D eigenvalue weighted by molar-refractivity contribution is 0.835. The van der Waals surface area contributed by atoms with Crippen molar-refractivity contribution in [3.63, 3.8) is 0 Å². The van der Waals surface area contributed by atoms with Crippen LogP contribution in [0.3, 0.4) is 0 Å². The summed E-state index contributed by atoms with van der Waals surface area (Å²) in [5.41, 5.74) is 11.7. The molecule has 1 aromatic carbocycles. The molecule has 0 fully saturated rings. The van der Waals surface area contributed by atoms with Crippen molar-refractivity contribution in [3.05, 3.63) is 52.3 Å². The molecule has 1 aliphatic rings. The molecule has 2 aromatic rings. The van der Waals surface area contributed by atoms with Gasteiger partial charge >= 0.3 is 0 Å². The van der Waals surface area contributed by atoms with Gasteiger partial charge in [-0.3, -0.25) is 4.98 Å². The Hall–Kier alpha value is -1.74. The van der Waals surface area contributed by atoms with Gasteiger partial charge in [-0.05, 0) is 42.2 Å². The van der Waals surface area contributed by atoms with Gasteiger partial charge in [0.15, 0.2) is 0 Å². The van der Waals surface area contributed by atoms with Gasteiger partial charge in [0.25, 0.3) is 0 Å². The summed E-state index contributed by atoms with van der Waals surface area (Å²) in [4.78, 5) is 6.34. The zero-order valence-electron chi connectivity index (χ0n) is 10.9. The van der Waals surface area contributed by atoms with Crippen LogP contribution >= 0.6 is 11.6 Å². The monoisotopic (exact) mass is 273 g/mol. The summed E-state index contributed by atoms with van der Waals surface area (Å²) in [6.07, 6.45) is 4.54. The number of anilines is 2. The Labute approximate surface area is 118 Å². The summed E-state index contributed by atoms with van der Waals surface area (Å²) in [7, 11) is 0. The second-order valence-corrected chi connectivity index (χ2v) is 5.38. The minimum atomic E-state index is 0.719. The van der Waals surface area contributed by atoms with E-state index in [0.29, 0.717) is 0 Å². The van der Waals surface area contributed by atoms with Crippen LogP contribution in [0.5, 0.6) is 0 Å². The minimum Gasteiger partial charge on any atom is -0.398 e. The molecule has 0 saturated heterocycles. The van der Waals surface area contributed by atoms with E-state index in [2.05, 4.69) is 28.9 Å². The van der Waals surface area contributed by atoms with Crippen LogP contribution in [0.4, 0.5) is 11.4 Å². The fourth-order valence-corrected chi connectivity index (χ4v) is 2.72. The fraction of sp³-hybridized carbons (Fsp3) is 0.267. The molecule has 98 valence electrons. The molecule has 0 spiro atoms. The largest absolute Gasteiger partial charge is 0.398 e. The molecule has 0 saturated carbocycles. The first-order valence-corrected chi connectivity index (χ1v) is 6.75. The van der Waals surface area contributed by atoms with E-state index in [1.807, 2.05) is 6.07 Å². The van der Waals surface area contributed by atoms with E-state index in [-0.39, 0.29) is 0 Å². The zero-order valence-corrected chi connectivity index (χ0v) is 11.6. The molecule has 1 aliphatic heterocycles. The van der Waals surface area contributed by atoms with E-state index in [0.717, 1.165) is 41.3 Å². The number of hydrogen-bond acceptors (Lipinski definition) is 3. The molecule has 1 aromatic heterocycles. The number of hydrogen-bond donors (Lipinski definition) is 1. The van der Waals surface area contributed by atoms with E-state index >= 15 is 0 Å². The van der Waals surface area contributed by atoms with Gasteiger partial charge in [0, 0.05) is 36.9 Å². The molecule has 0 aliphatic carbocycles. The lowest BCUT2D eigenvalue weighted by Gasteiger charge is -2.20. The van der Waals surface area contributed by atoms with Crippen molar-refractivity contribution in [1.29, 1.82) is 0 Å². The maximum atomic E-state index is 6.17. The number of nitrogens with two attached hydrogens (primary N) is 1. The van der Waals surface area contributed by atoms with Gasteiger partial charge in [-0.25, -0.2) is 0 Å². The molecule has 0 radical (unpaired) electrons. The Morgan fingerprint density at radius 2 is 2.26 bits per heavy atom. The van der Waals surface area contributed by atoms with Gasteiger partial charge in [-0.1, -0.05) is 17.7 Å². The van der Waals surface area contributed by atoms with Gasteiger partial charge in [-0.15, -0.1) is 0 Å². The molecule has 4 heteroatoms. The van der Waals surface area contributed by atoms with Crippen LogP contribution in [0.25, 0.3) is 0 Å². The van der Waals surface area contributed by atoms with Crippen LogP contribution in [0, 0.1) is 6.92 Å². The summed E-state index contributed by atoms with van der Waals surface area (Å²) in [5, 5.41) is 0.719. The number of aromatic nitrogens is 1. The first kappa shape index (κ1) is 12.3. The number of nitrogen functional groups attached to an aromatic ring is 1. The van der Waals surface area contributed by atoms with Crippen LogP contribution in [0.15, 0.2) is 30.6 Å². The topological polar surface area (TPSA) is 42.1 Å². The zero-order chi connectivity index (χ0) is 13.4. The van der Waals surface area contributed by atoms with E-state index < -0.39 is 0 Å². The molecule has 3 nitrogen and oxygen atoms in total. The third-order valence-corrected chi connectivity index (χ3v) is 4.02. The third kappa shape index (κ3) is 2.26. The van der Waals surface area contributed by atoms with Crippen LogP contribution in [-0.4, -0.2) is 11.5 Å². The highest BCUT2D eigenvalue weighted by Gasteiger charge is 2.20. The number of halogens is 1. The summed E-state index contributed by atoms with van der Waals surface area (Å²) in [6, 6.07) is 6.24. The third-order valence-electron chi connectivity index (χ3n) is 3.68. The van der Waals surface area contributed by atoms with Crippen LogP contribution < -0.4 is 10.6 Å². The number of fused-ring (bicyclic) bond motifs is 1. The highest BCUT2D eigenvalue weighted by atomic mass is 35.5. The number of nitrogens with zero attached hydrogens (tertiary/aromatic N) is 2. The lowest BCUT2D eigenvalue weighted by Crippen LogP contribution is -2.20. The Balaban J connectivity index is 1.91. The second kappa shape index (κ2) is 4.74. The van der Waals surface area contributed by atoms with E-state index in [4.69, 9.17) is 17.3 Å². The van der Waals surface area contributed by atoms with E-state index in [1.54, 1.807) is 12.4 Å². The normalized spacial score (nSPS) is 13.7. The molecule has 2 N–H and O–H groups in total. The van der Waals surface area contributed by atoms with Crippen molar-refractivity contribution in [3.8, 4) is 0 Å². The first-order valence-electron chi connectivity index (χ1n) is 6.37. The maximum Gasteiger partial charge on any atom is 0.0639 e. The Morgan fingerprint density at radius 1 is 1.42 bits per heavy atom. The number of pyridine rings is 1. The Morgan fingerprint density at radius 3 is 3.05 bits per heavy atom. The molecular formula is C15H16ClN3. The second-order valence-electron chi connectivity index (χ2n) is 4.98. The molecule has 0 amide bonds. The van der Waals surface area contributed by atoms with Gasteiger partial charge < -0.3 is 10.6 Å². The van der Waals surface area contributed by atoms with Crippen molar-refractivity contribution in [2.45, 2.75) is 19.9 Å². The van der Waals surface area contributed by atoms with Crippen LogP contribution in [-0.2, 0) is 13.0 Å². The summed E-state index contributed by atoms with van der Waals surface area (Å²) in [5.74, 6) is 0. The highest BCUT2D eigenvalue weighted by Crippen LogP contribution is 2.33. The Bertz CT molecular complexity index is 625. The predicted molar refractivity (Wildman–Crippen MR) is 79.6 cm³/mol. The molecular weight excluding hydrogens is 258 g/mol. The van der Waals surface area contributed by atoms with Crippen molar-refractivity contribution >= 4 is 23.0 Å². The Kier molecular flexibility index (Phi) is 3.07. The fourth-order valence-electron chi connectivity index (χ4n) is 2.55. The SMILES string of the molecule is Cc1cc2c(cc1N)N(Cc1ccncc1Cl)CC2. The molecule has 2 heterocycles. The summed E-state index contributed by atoms with van der Waals surface area (Å²) in [6.45, 7) is 3.87. The minimum absolute atomic E-state index is 0.719. The molecule has 3 rings (SSSR count). The van der Waals surface area contributed by atoms with Crippen molar-refractivity contribution < 1.29 is 0 Å². The van der Waals surface area contributed by atoms with Gasteiger partial charge in [0.1, 0.15) is 0 Å². The quantitative estimate of drug-likeness (QED) is 0.855. The molecule has 0 unspecified atom stereocenters. The van der Waals surface area contributed by atoms with Crippen molar-refractivity contribution in [2.75, 3.05) is 17.2 Å². The van der Waals surface area contributed by atoms with E-state index in [9.17, 15) is 0 Å². The first-order chi connectivity index (χ1) is 9.15. The lowest BCUT2D eigenvalue weighted by atomic mass is 10.1. The number of aryl methyl sites for hydroxylation is 1. The maximum absolute atomic E-state index is 6.17. The van der Waals surface area contributed by atoms with Crippen LogP contribution in [0.1, 0.15) is 16.7 Å². The van der Waals surface area contributed by atoms with Gasteiger partial charge in [0.05, 0.1) is 5.02 Å². The number of benzene rings is 1. The summed E-state index contributed by atoms with van der Waals surface area (Å²) < 4.78 is 0. The van der Waals surface area contributed by atoms with Crippen LogP contribution in [0.2, 0.25) is 5.02 Å². The number of rotatable bonds is 2. The highest BCUT2D eigenvalue weighted by molar-refractivity contribution is 6.31. The van der Waals surface area contributed by atoms with E-state index in [1.165, 1.54) is 11.3 Å². The predicted octanol–water partition coefficient (Wildman–Crippen LogP) is 3.19. The summed E-state index contributed by atoms with van der Waals surface area (Å²) >= 11 is 6.17. The average Bonchev–Trinajstić information content (AvgIpc) is 2.76. The molecule has 0 bridgehead atoms. The smallest absolute Gasteiger partial charge is 0.0639 e. The standard InChI is InChI=1S/C15H16ClN3/c1-10-6-11-3-5-19(15(11)7-14(10)17)9-12-2-4-18-8-13(12)16/h2,4,6-8H,3,5,9,17H2,1H3. The van der Waals surface area contributed by atoms with Gasteiger partial charge in [0.2, 0.25) is 0 Å².